The van der Waals surface area contributed by atoms with Crippen molar-refractivity contribution >= 4 is 17.4 Å². The molecule has 0 radical (unpaired) electrons. The lowest BCUT2D eigenvalue weighted by Gasteiger charge is -2.16. The van der Waals surface area contributed by atoms with Gasteiger partial charge in [0.15, 0.2) is 12.3 Å². The van der Waals surface area contributed by atoms with Crippen molar-refractivity contribution in [3.8, 4) is 0 Å². The maximum absolute atomic E-state index is 12.4. The zero-order valence-corrected chi connectivity index (χ0v) is 18.1. The second-order valence-corrected chi connectivity index (χ2v) is 6.45. The number of ether oxygens (including phenoxy) is 2. The Hall–Kier alpha value is -3.70. The molecule has 0 aliphatic carbocycles. The Bertz CT molecular complexity index is 1030. The van der Waals surface area contributed by atoms with E-state index in [0.29, 0.717) is 36.3 Å². The largest absolute Gasteiger partial charge is 0.389 e. The fraction of sp³-hybridized carbons (Fsp3) is 0.333. The van der Waals surface area contributed by atoms with Gasteiger partial charge in [-0.3, -0.25) is 4.79 Å². The van der Waals surface area contributed by atoms with Crippen molar-refractivity contribution in [1.82, 2.24) is 25.2 Å². The first-order valence-corrected chi connectivity index (χ1v) is 10.1. The molecule has 1 N–H and O–H groups in total. The molecule has 168 valence electrons. The average Bonchev–Trinajstić information content (AvgIpc) is 3.23. The summed E-state index contributed by atoms with van der Waals surface area (Å²) in [5.74, 6) is 0.381. The van der Waals surface area contributed by atoms with Gasteiger partial charge in [-0.25, -0.2) is 9.67 Å². The van der Waals surface area contributed by atoms with E-state index in [2.05, 4.69) is 31.0 Å². The minimum Gasteiger partial charge on any atom is -0.389 e. The van der Waals surface area contributed by atoms with Crippen molar-refractivity contribution in [3.63, 3.8) is 0 Å². The van der Waals surface area contributed by atoms with Crippen LogP contribution < -0.4 is 5.32 Å². The van der Waals surface area contributed by atoms with Crippen molar-refractivity contribution < 1.29 is 19.1 Å². The first-order chi connectivity index (χ1) is 15.6. The van der Waals surface area contributed by atoms with E-state index < -0.39 is 12.2 Å². The number of rotatable bonds is 11. The van der Waals surface area contributed by atoms with Crippen molar-refractivity contribution in [3.05, 3.63) is 65.6 Å². The number of amides is 1. The van der Waals surface area contributed by atoms with E-state index >= 15 is 0 Å². The fourth-order valence-electron chi connectivity index (χ4n) is 2.73. The van der Waals surface area contributed by atoms with Crippen LogP contribution in [0.5, 0.6) is 0 Å². The summed E-state index contributed by atoms with van der Waals surface area (Å²) >= 11 is 0. The number of carbonyl (C=O) groups is 1. The van der Waals surface area contributed by atoms with Crippen LogP contribution in [-0.2, 0) is 32.8 Å². The van der Waals surface area contributed by atoms with Gasteiger partial charge in [-0.05, 0) is 36.4 Å². The van der Waals surface area contributed by atoms with Gasteiger partial charge in [0.2, 0.25) is 12.1 Å². The molecule has 2 aromatic heterocycles. The number of anilines is 1. The maximum atomic E-state index is 12.4. The molecule has 1 aromatic carbocycles. The van der Waals surface area contributed by atoms with Crippen LogP contribution in [0.25, 0.3) is 0 Å². The number of nitrogens with zero attached hydrogens (tertiary/aromatic N) is 6. The Morgan fingerprint density at radius 1 is 1.09 bits per heavy atom. The van der Waals surface area contributed by atoms with Crippen LogP contribution in [-0.4, -0.2) is 56.3 Å². The van der Waals surface area contributed by atoms with Gasteiger partial charge in [0.05, 0.1) is 5.69 Å². The molecule has 1 amide bonds. The summed E-state index contributed by atoms with van der Waals surface area (Å²) in [6, 6.07) is 14.6. The van der Waals surface area contributed by atoms with Crippen LogP contribution in [0.2, 0.25) is 0 Å². The first-order valence-electron chi connectivity index (χ1n) is 10.1. The van der Waals surface area contributed by atoms with Gasteiger partial charge in [0.1, 0.15) is 5.82 Å². The smallest absolute Gasteiger partial charge is 0.282 e. The molecule has 0 bridgehead atoms. The van der Waals surface area contributed by atoms with Crippen molar-refractivity contribution in [1.29, 1.82) is 0 Å². The Morgan fingerprint density at radius 3 is 2.50 bits per heavy atom. The quantitative estimate of drug-likeness (QED) is 0.273. The molecule has 3 rings (SSSR count). The van der Waals surface area contributed by atoms with Crippen molar-refractivity contribution in [2.75, 3.05) is 18.5 Å². The molecule has 0 fully saturated rings. The molecule has 0 spiro atoms. The van der Waals surface area contributed by atoms with Gasteiger partial charge in [-0.2, -0.15) is 0 Å². The molecular formula is C21H25N7O4. The number of hydrogen-bond acceptors (Lipinski definition) is 9. The maximum Gasteiger partial charge on any atom is 0.282 e. The van der Waals surface area contributed by atoms with E-state index in [1.54, 1.807) is 39.1 Å². The molecule has 0 saturated carbocycles. The summed E-state index contributed by atoms with van der Waals surface area (Å²) in [5.41, 5.74) is 1.86. The third-order valence-corrected chi connectivity index (χ3v) is 4.16. The summed E-state index contributed by atoms with van der Waals surface area (Å²) in [7, 11) is 1.72. The van der Waals surface area contributed by atoms with Gasteiger partial charge in [0, 0.05) is 25.8 Å². The topological polar surface area (TPSA) is 126 Å². The van der Waals surface area contributed by atoms with Crippen LogP contribution in [0, 0.1) is 0 Å². The molecule has 11 nitrogen and oxygen atoms in total. The molecule has 11 heteroatoms. The zero-order chi connectivity index (χ0) is 22.8. The van der Waals surface area contributed by atoms with Gasteiger partial charge >= 0.3 is 0 Å². The highest BCUT2D eigenvalue weighted by Gasteiger charge is 2.19. The number of nitrogens with one attached hydrogen (secondary N) is 1. The summed E-state index contributed by atoms with van der Waals surface area (Å²) in [6.07, 6.45) is -0.996. The molecule has 0 atom stereocenters. The number of carbonyl (C=O) groups excluding carboxylic acids is 1. The van der Waals surface area contributed by atoms with E-state index in [1.165, 1.54) is 4.68 Å². The van der Waals surface area contributed by atoms with Crippen LogP contribution >= 0.6 is 0 Å². The third kappa shape index (κ3) is 6.15. The van der Waals surface area contributed by atoms with E-state index in [-0.39, 0.29) is 6.61 Å². The van der Waals surface area contributed by atoms with Crippen molar-refractivity contribution in [2.45, 2.75) is 26.7 Å². The number of tetrazole rings is 1. The number of aryl methyl sites for hydroxylation is 1. The van der Waals surface area contributed by atoms with Crippen LogP contribution in [0.1, 0.15) is 30.9 Å². The summed E-state index contributed by atoms with van der Waals surface area (Å²) < 4.78 is 12.1. The van der Waals surface area contributed by atoms with Gasteiger partial charge in [-0.1, -0.05) is 41.6 Å². The van der Waals surface area contributed by atoms with E-state index in [9.17, 15) is 4.79 Å². The highest BCUT2D eigenvalue weighted by molar-refractivity contribution is 6.10. The second kappa shape index (κ2) is 11.6. The van der Waals surface area contributed by atoms with E-state index in [0.717, 1.165) is 5.56 Å². The lowest BCUT2D eigenvalue weighted by Crippen LogP contribution is -2.33. The number of hydrogen-bond donors (Lipinski definition) is 1. The Balaban J connectivity index is 1.70. The highest BCUT2D eigenvalue weighted by Crippen LogP contribution is 2.11. The van der Waals surface area contributed by atoms with Crippen LogP contribution in [0.3, 0.4) is 0 Å². The predicted molar refractivity (Wildman–Crippen MR) is 116 cm³/mol. The standard InChI is InChI=1S/C21H25N7O4/c1-4-30-21(31-5-2)20(29)23-17-13-9-12-16(22-17)14-32-25-18(15-10-7-6-8-11-15)19-24-26-27-28(19)3/h6-13,21H,4-5,14H2,1-3H3,(H,22,23,29). The van der Waals surface area contributed by atoms with Crippen molar-refractivity contribution in [2.24, 2.45) is 12.2 Å². The molecule has 0 aliphatic rings. The molecule has 0 saturated heterocycles. The Labute approximate surface area is 185 Å². The second-order valence-electron chi connectivity index (χ2n) is 6.45. The Morgan fingerprint density at radius 2 is 1.84 bits per heavy atom. The van der Waals surface area contributed by atoms with E-state index in [4.69, 9.17) is 14.3 Å². The summed E-state index contributed by atoms with van der Waals surface area (Å²) in [6.45, 7) is 4.35. The van der Waals surface area contributed by atoms with Gasteiger partial charge in [0.25, 0.3) is 5.91 Å². The molecule has 3 aromatic rings. The number of aromatic nitrogens is 5. The minimum atomic E-state index is -0.996. The van der Waals surface area contributed by atoms with Crippen LogP contribution in [0.15, 0.2) is 53.7 Å². The van der Waals surface area contributed by atoms with Crippen LogP contribution in [0.4, 0.5) is 5.82 Å². The lowest BCUT2D eigenvalue weighted by molar-refractivity contribution is -0.164. The van der Waals surface area contributed by atoms with E-state index in [1.807, 2.05) is 30.3 Å². The number of oxime groups is 1. The molecule has 32 heavy (non-hydrogen) atoms. The van der Waals surface area contributed by atoms with Gasteiger partial charge < -0.3 is 19.6 Å². The van der Waals surface area contributed by atoms with Gasteiger partial charge in [-0.15, -0.1) is 5.10 Å². The molecule has 0 aliphatic heterocycles. The monoisotopic (exact) mass is 439 g/mol. The Kier molecular flexibility index (Phi) is 8.35. The molecule has 2 heterocycles. The summed E-state index contributed by atoms with van der Waals surface area (Å²) in [4.78, 5) is 22.3. The lowest BCUT2D eigenvalue weighted by atomic mass is 10.1. The summed E-state index contributed by atoms with van der Waals surface area (Å²) in [5, 5.41) is 18.5. The normalized spacial score (nSPS) is 11.6. The number of benzene rings is 1. The third-order valence-electron chi connectivity index (χ3n) is 4.16. The fourth-order valence-corrected chi connectivity index (χ4v) is 2.73. The minimum absolute atomic E-state index is 0.0751. The number of pyridine rings is 1. The molecular weight excluding hydrogens is 414 g/mol. The SMILES string of the molecule is CCOC(OCC)C(=O)Nc1cccc(CON=C(c2ccccc2)c2nnnn2C)n1. The highest BCUT2D eigenvalue weighted by atomic mass is 16.7. The molecule has 0 unspecified atom stereocenters. The first kappa shape index (κ1) is 23.0. The average molecular weight is 439 g/mol. The predicted octanol–water partition coefficient (Wildman–Crippen LogP) is 1.91. The zero-order valence-electron chi connectivity index (χ0n) is 18.1.